The van der Waals surface area contributed by atoms with Gasteiger partial charge in [0.1, 0.15) is 24.3 Å². The van der Waals surface area contributed by atoms with E-state index in [1.807, 2.05) is 24.3 Å². The molecule has 1 amide bonds. The molecule has 3 aromatic rings. The summed E-state index contributed by atoms with van der Waals surface area (Å²) in [5.74, 6) is -1.02. The molecule has 0 aliphatic carbocycles. The number of amides is 1. The van der Waals surface area contributed by atoms with Crippen molar-refractivity contribution in [3.63, 3.8) is 0 Å². The van der Waals surface area contributed by atoms with Crippen molar-refractivity contribution in [2.45, 2.75) is 31.9 Å². The van der Waals surface area contributed by atoms with Gasteiger partial charge in [0, 0.05) is 21.2 Å². The lowest BCUT2D eigenvalue weighted by Gasteiger charge is -2.29. The van der Waals surface area contributed by atoms with Crippen molar-refractivity contribution in [2.24, 2.45) is 5.16 Å². The van der Waals surface area contributed by atoms with Crippen LogP contribution in [0.1, 0.15) is 35.6 Å². The summed E-state index contributed by atoms with van der Waals surface area (Å²) in [6.07, 6.45) is 0.743. The highest BCUT2D eigenvalue weighted by atomic mass is 127. The largest absolute Gasteiger partial charge is 0.491 e. The highest BCUT2D eigenvalue weighted by molar-refractivity contribution is 14.1. The molecule has 4 rings (SSSR count). The Morgan fingerprint density at radius 3 is 2.58 bits per heavy atom. The number of hydrogen-bond donors (Lipinski definition) is 4. The Hall–Kier alpha value is -2.80. The molecule has 202 valence electrons. The maximum atomic E-state index is 14.7. The first kappa shape index (κ1) is 28.2. The van der Waals surface area contributed by atoms with Crippen molar-refractivity contribution >= 4 is 45.0 Å². The van der Waals surface area contributed by atoms with Crippen molar-refractivity contribution in [3.8, 4) is 5.75 Å². The molecule has 4 N–H and O–H groups in total. The number of likely N-dealkylation sites (tertiary alicyclic amines) is 1. The van der Waals surface area contributed by atoms with Crippen LogP contribution in [0.3, 0.4) is 0 Å². The molecule has 0 unspecified atom stereocenters. The van der Waals surface area contributed by atoms with Crippen molar-refractivity contribution < 1.29 is 29.3 Å². The van der Waals surface area contributed by atoms with Gasteiger partial charge in [-0.2, -0.15) is 0 Å². The van der Waals surface area contributed by atoms with Crippen LogP contribution < -0.4 is 10.1 Å². The lowest BCUT2D eigenvalue weighted by atomic mass is 9.98. The first-order chi connectivity index (χ1) is 18.3. The molecule has 1 aliphatic heterocycles. The molecular weight excluding hydrogens is 604 g/mol. The predicted octanol–water partition coefficient (Wildman–Crippen LogP) is 3.76. The number of hydrogen-bond acceptors (Lipinski definition) is 7. The Kier molecular flexibility index (Phi) is 9.53. The van der Waals surface area contributed by atoms with Gasteiger partial charge in [-0.05, 0) is 102 Å². The maximum Gasteiger partial charge on any atom is 0.274 e. The fourth-order valence-corrected chi connectivity index (χ4v) is 5.20. The maximum absolute atomic E-state index is 14.7. The SMILES string of the molecule is Cc1c(F)cc([C@@H](O)[C@@H](CN2CCCC2)NC(=O)/C(=N/O)c2ccc3cc(I)ccc3c2)cc1OCCO. The quantitative estimate of drug-likeness (QED) is 0.117. The van der Waals surface area contributed by atoms with Gasteiger partial charge in [0.2, 0.25) is 0 Å². The number of carbonyl (C=O) groups excluding carboxylic acids is 1. The molecular formula is C28H31FIN3O5. The molecule has 0 saturated carbocycles. The minimum absolute atomic E-state index is 0.0188. The third-order valence-electron chi connectivity index (χ3n) is 6.75. The monoisotopic (exact) mass is 635 g/mol. The number of fused-ring (bicyclic) bond motifs is 1. The molecule has 10 heteroatoms. The molecule has 0 aromatic heterocycles. The van der Waals surface area contributed by atoms with Crippen LogP contribution in [0.5, 0.6) is 5.75 Å². The lowest BCUT2D eigenvalue weighted by molar-refractivity contribution is -0.116. The van der Waals surface area contributed by atoms with E-state index >= 15 is 0 Å². The predicted molar refractivity (Wildman–Crippen MR) is 151 cm³/mol. The van der Waals surface area contributed by atoms with E-state index in [1.165, 1.54) is 12.1 Å². The van der Waals surface area contributed by atoms with Crippen molar-refractivity contribution in [2.75, 3.05) is 32.8 Å². The van der Waals surface area contributed by atoms with Gasteiger partial charge in [-0.1, -0.05) is 23.4 Å². The van der Waals surface area contributed by atoms with E-state index in [0.29, 0.717) is 12.1 Å². The average Bonchev–Trinajstić information content (AvgIpc) is 3.42. The third-order valence-corrected chi connectivity index (χ3v) is 7.42. The van der Waals surface area contributed by atoms with Gasteiger partial charge < -0.3 is 30.4 Å². The van der Waals surface area contributed by atoms with Gasteiger partial charge in [-0.25, -0.2) is 4.39 Å². The summed E-state index contributed by atoms with van der Waals surface area (Å²) in [5.41, 5.74) is 0.726. The first-order valence-electron chi connectivity index (χ1n) is 12.5. The Morgan fingerprint density at radius 1 is 1.16 bits per heavy atom. The van der Waals surface area contributed by atoms with Crippen molar-refractivity contribution in [1.82, 2.24) is 10.2 Å². The van der Waals surface area contributed by atoms with E-state index in [0.717, 1.165) is 40.3 Å². The minimum Gasteiger partial charge on any atom is -0.491 e. The molecule has 1 heterocycles. The second-order valence-electron chi connectivity index (χ2n) is 9.39. The summed E-state index contributed by atoms with van der Waals surface area (Å²) in [4.78, 5) is 15.5. The van der Waals surface area contributed by atoms with Crippen LogP contribution in [0.15, 0.2) is 53.7 Å². The molecule has 1 saturated heterocycles. The Balaban J connectivity index is 1.61. The Labute approximate surface area is 234 Å². The molecule has 8 nitrogen and oxygen atoms in total. The molecule has 0 radical (unpaired) electrons. The van der Waals surface area contributed by atoms with Gasteiger partial charge in [-0.3, -0.25) is 4.79 Å². The van der Waals surface area contributed by atoms with Crippen LogP contribution >= 0.6 is 22.6 Å². The smallest absolute Gasteiger partial charge is 0.274 e. The number of aliphatic hydroxyl groups excluding tert-OH is 2. The zero-order valence-corrected chi connectivity index (χ0v) is 23.2. The molecule has 0 spiro atoms. The fourth-order valence-electron chi connectivity index (χ4n) is 4.68. The van der Waals surface area contributed by atoms with Crippen LogP contribution in [-0.4, -0.2) is 70.8 Å². The second-order valence-corrected chi connectivity index (χ2v) is 10.6. The van der Waals surface area contributed by atoms with Crippen LogP contribution in [-0.2, 0) is 4.79 Å². The number of oxime groups is 1. The summed E-state index contributed by atoms with van der Waals surface area (Å²) in [6.45, 7) is 3.25. The number of benzene rings is 3. The number of carbonyl (C=O) groups is 1. The standard InChI is InChI=1S/C28H31FIN3O5/c1-17-23(29)14-21(15-25(17)38-11-10-34)27(35)24(16-33-8-2-3-9-33)31-28(36)26(32-37)20-5-4-19-13-22(30)7-6-18(19)12-20/h4-7,12-15,24,27,34-35,37H,2-3,8-11,16H2,1H3,(H,31,36)/b32-26+/t24-,27-/m1/s1. The molecule has 2 atom stereocenters. The number of ether oxygens (including phenoxy) is 1. The zero-order valence-electron chi connectivity index (χ0n) is 21.0. The zero-order chi connectivity index (χ0) is 27.2. The summed E-state index contributed by atoms with van der Waals surface area (Å²) in [7, 11) is 0. The van der Waals surface area contributed by atoms with E-state index in [9.17, 15) is 19.5 Å². The highest BCUT2D eigenvalue weighted by Gasteiger charge is 2.30. The van der Waals surface area contributed by atoms with E-state index in [2.05, 4.69) is 38.0 Å². The topological polar surface area (TPSA) is 115 Å². The fraction of sp³-hybridized carbons (Fsp3) is 0.357. The van der Waals surface area contributed by atoms with Crippen LogP contribution in [0.4, 0.5) is 4.39 Å². The number of nitrogens with zero attached hydrogens (tertiary/aromatic N) is 2. The molecule has 38 heavy (non-hydrogen) atoms. The van der Waals surface area contributed by atoms with Crippen LogP contribution in [0.25, 0.3) is 10.8 Å². The van der Waals surface area contributed by atoms with Crippen molar-refractivity contribution in [3.05, 3.63) is 74.6 Å². The number of nitrogens with one attached hydrogen (secondary N) is 1. The summed E-state index contributed by atoms with van der Waals surface area (Å²) in [6, 6.07) is 13.1. The second kappa shape index (κ2) is 12.8. The molecule has 3 aromatic carbocycles. The molecule has 1 fully saturated rings. The highest BCUT2D eigenvalue weighted by Crippen LogP contribution is 2.29. The van der Waals surface area contributed by atoms with E-state index in [-0.39, 0.29) is 35.8 Å². The Bertz CT molecular complexity index is 1330. The van der Waals surface area contributed by atoms with Crippen molar-refractivity contribution in [1.29, 1.82) is 0 Å². The normalized spacial score (nSPS) is 16.0. The Morgan fingerprint density at radius 2 is 1.87 bits per heavy atom. The number of aliphatic hydroxyl groups is 2. The third kappa shape index (κ3) is 6.60. The lowest BCUT2D eigenvalue weighted by Crippen LogP contribution is -2.49. The van der Waals surface area contributed by atoms with Gasteiger partial charge in [0.05, 0.1) is 12.6 Å². The van der Waals surface area contributed by atoms with Gasteiger partial charge in [0.25, 0.3) is 5.91 Å². The molecule has 0 bridgehead atoms. The summed E-state index contributed by atoms with van der Waals surface area (Å²) >= 11 is 2.23. The summed E-state index contributed by atoms with van der Waals surface area (Å²) < 4.78 is 21.2. The number of rotatable bonds is 10. The van der Waals surface area contributed by atoms with Crippen LogP contribution in [0.2, 0.25) is 0 Å². The van der Waals surface area contributed by atoms with Crippen LogP contribution in [0, 0.1) is 16.3 Å². The number of halogens is 2. The van der Waals surface area contributed by atoms with E-state index in [1.54, 1.807) is 19.1 Å². The van der Waals surface area contributed by atoms with E-state index < -0.39 is 23.9 Å². The van der Waals surface area contributed by atoms with E-state index in [4.69, 9.17) is 9.84 Å². The van der Waals surface area contributed by atoms with Gasteiger partial charge in [-0.15, -0.1) is 0 Å². The minimum atomic E-state index is -1.27. The van der Waals surface area contributed by atoms with Gasteiger partial charge in [0.15, 0.2) is 5.71 Å². The molecule has 1 aliphatic rings. The van der Waals surface area contributed by atoms with Gasteiger partial charge >= 0.3 is 0 Å². The summed E-state index contributed by atoms with van der Waals surface area (Å²) in [5, 5.41) is 38.2. The average molecular weight is 635 g/mol. The first-order valence-corrected chi connectivity index (χ1v) is 13.6.